The summed E-state index contributed by atoms with van der Waals surface area (Å²) in [6, 6.07) is 2.17. The Morgan fingerprint density at radius 3 is 2.79 bits per heavy atom. The molecule has 0 saturated carbocycles. The minimum atomic E-state index is -0.402. The molecule has 0 aliphatic rings. The Hall–Kier alpha value is -1.80. The molecule has 0 N–H and O–H groups in total. The molecule has 0 bridgehead atoms. The average molecular weight is 276 g/mol. The summed E-state index contributed by atoms with van der Waals surface area (Å²) in [6.07, 6.45) is 1.93. The van der Waals surface area contributed by atoms with Crippen LogP contribution in [0.15, 0.2) is 17.9 Å². The highest BCUT2D eigenvalue weighted by molar-refractivity contribution is 7.99. The molecule has 0 fully saturated rings. The maximum atomic E-state index is 11.3. The molecule has 4 nitrogen and oxygen atoms in total. The molecule has 0 aromatic carbocycles. The normalized spacial score (nSPS) is 9.79. The topological polar surface area (TPSA) is 63.0 Å². The van der Waals surface area contributed by atoms with E-state index in [1.807, 2.05) is 20.8 Å². The molecule has 0 radical (unpaired) electrons. The number of carbonyl (C=O) groups excluding carboxylic acids is 1. The van der Waals surface area contributed by atoms with Crippen LogP contribution in [0.3, 0.4) is 0 Å². The van der Waals surface area contributed by atoms with E-state index in [9.17, 15) is 10.1 Å². The Morgan fingerprint density at radius 1 is 1.58 bits per heavy atom. The van der Waals surface area contributed by atoms with Crippen LogP contribution < -0.4 is 0 Å². The smallest absolute Gasteiger partial charge is 0.321 e. The lowest BCUT2D eigenvalue weighted by molar-refractivity contribution is -0.134. The van der Waals surface area contributed by atoms with Crippen LogP contribution in [-0.4, -0.2) is 16.7 Å². The van der Waals surface area contributed by atoms with Crippen molar-refractivity contribution in [1.29, 1.82) is 5.26 Å². The van der Waals surface area contributed by atoms with Crippen LogP contribution in [0.4, 0.5) is 0 Å². The van der Waals surface area contributed by atoms with Gasteiger partial charge in [0.05, 0.1) is 17.6 Å². The van der Waals surface area contributed by atoms with Crippen molar-refractivity contribution in [3.8, 4) is 6.07 Å². The number of hydrogen-bond acceptors (Lipinski definition) is 5. The lowest BCUT2D eigenvalue weighted by Gasteiger charge is -2.12. The monoisotopic (exact) mass is 276 g/mol. The van der Waals surface area contributed by atoms with E-state index in [0.717, 1.165) is 29.5 Å². The Morgan fingerprint density at radius 2 is 2.26 bits per heavy atom. The number of esters is 1. The first-order valence-corrected chi connectivity index (χ1v) is 6.87. The van der Waals surface area contributed by atoms with Crippen LogP contribution in [0, 0.1) is 25.2 Å². The number of rotatable bonds is 5. The van der Waals surface area contributed by atoms with Gasteiger partial charge in [-0.1, -0.05) is 25.3 Å². The van der Waals surface area contributed by atoms with Crippen molar-refractivity contribution >= 4 is 17.7 Å². The van der Waals surface area contributed by atoms with E-state index < -0.39 is 5.97 Å². The third-order valence-corrected chi connectivity index (χ3v) is 3.70. The molecule has 1 heterocycles. The maximum Gasteiger partial charge on any atom is 0.321 e. The van der Waals surface area contributed by atoms with Crippen molar-refractivity contribution in [3.63, 3.8) is 0 Å². The molecular weight excluding hydrogens is 260 g/mol. The number of aryl methyl sites for hydroxylation is 1. The third kappa shape index (κ3) is 3.58. The first kappa shape index (κ1) is 15.3. The van der Waals surface area contributed by atoms with Crippen LogP contribution in [0.25, 0.3) is 0 Å². The molecule has 0 unspecified atom stereocenters. The second-order valence-corrected chi connectivity index (χ2v) is 4.86. The first-order chi connectivity index (χ1) is 9.04. The molecule has 0 saturated heterocycles. The summed E-state index contributed by atoms with van der Waals surface area (Å²) in [7, 11) is 0. The van der Waals surface area contributed by atoms with Gasteiger partial charge in [-0.15, -0.1) is 0 Å². The zero-order valence-corrected chi connectivity index (χ0v) is 12.1. The van der Waals surface area contributed by atoms with Crippen LogP contribution in [0.2, 0.25) is 0 Å². The molecule has 5 heteroatoms. The van der Waals surface area contributed by atoms with Crippen molar-refractivity contribution in [2.45, 2.75) is 32.2 Å². The second kappa shape index (κ2) is 6.95. The first-order valence-electron chi connectivity index (χ1n) is 5.88. The molecule has 0 spiro atoms. The quantitative estimate of drug-likeness (QED) is 0.470. The van der Waals surface area contributed by atoms with E-state index in [1.165, 1.54) is 11.8 Å². The fourth-order valence-corrected chi connectivity index (χ4v) is 2.74. The van der Waals surface area contributed by atoms with Gasteiger partial charge in [-0.3, -0.25) is 4.79 Å². The molecule has 1 aromatic heterocycles. The van der Waals surface area contributed by atoms with Crippen molar-refractivity contribution in [2.75, 3.05) is 5.75 Å². The standard InChI is InChI=1S/C14H16N2O2S/c1-5-11-9(3)12(7-15)14(16-10(11)4)19-8-13(17)18-6-2/h6H,2,5,8H2,1,3-4H3. The van der Waals surface area contributed by atoms with Crippen molar-refractivity contribution in [2.24, 2.45) is 0 Å². The summed E-state index contributed by atoms with van der Waals surface area (Å²) >= 11 is 1.21. The van der Waals surface area contributed by atoms with Crippen molar-refractivity contribution in [3.05, 3.63) is 35.2 Å². The summed E-state index contributed by atoms with van der Waals surface area (Å²) in [5.41, 5.74) is 3.48. The minimum absolute atomic E-state index is 0.109. The van der Waals surface area contributed by atoms with Gasteiger partial charge in [0.2, 0.25) is 0 Å². The number of thioether (sulfide) groups is 1. The summed E-state index contributed by atoms with van der Waals surface area (Å²) in [4.78, 5) is 15.7. The number of ether oxygens (including phenoxy) is 1. The summed E-state index contributed by atoms with van der Waals surface area (Å²) in [5.74, 6) is -0.293. The highest BCUT2D eigenvalue weighted by Crippen LogP contribution is 2.27. The van der Waals surface area contributed by atoms with Gasteiger partial charge in [-0.2, -0.15) is 5.26 Å². The van der Waals surface area contributed by atoms with Gasteiger partial charge in [0, 0.05) is 5.69 Å². The highest BCUT2D eigenvalue weighted by atomic mass is 32.2. The zero-order valence-electron chi connectivity index (χ0n) is 11.3. The number of hydrogen-bond donors (Lipinski definition) is 0. The maximum absolute atomic E-state index is 11.3. The van der Waals surface area contributed by atoms with Gasteiger partial charge >= 0.3 is 5.97 Å². The Labute approximate surface area is 117 Å². The minimum Gasteiger partial charge on any atom is -0.435 e. The molecule has 100 valence electrons. The van der Waals surface area contributed by atoms with Crippen LogP contribution in [0.5, 0.6) is 0 Å². The molecule has 1 aromatic rings. The zero-order chi connectivity index (χ0) is 14.4. The molecule has 0 aliphatic carbocycles. The van der Waals surface area contributed by atoms with E-state index in [-0.39, 0.29) is 5.75 Å². The summed E-state index contributed by atoms with van der Waals surface area (Å²) in [5, 5.41) is 9.82. The third-order valence-electron chi connectivity index (χ3n) is 2.75. The van der Waals surface area contributed by atoms with Gasteiger partial charge < -0.3 is 4.74 Å². The lowest BCUT2D eigenvalue weighted by Crippen LogP contribution is -2.06. The Kier molecular flexibility index (Phi) is 5.58. The van der Waals surface area contributed by atoms with E-state index in [0.29, 0.717) is 10.6 Å². The summed E-state index contributed by atoms with van der Waals surface area (Å²) < 4.78 is 4.64. The predicted octanol–water partition coefficient (Wildman–Crippen LogP) is 2.91. The molecule has 19 heavy (non-hydrogen) atoms. The van der Waals surface area contributed by atoms with Crippen molar-refractivity contribution < 1.29 is 9.53 Å². The molecule has 0 aliphatic heterocycles. The predicted molar refractivity (Wildman–Crippen MR) is 74.8 cm³/mol. The largest absolute Gasteiger partial charge is 0.435 e. The number of pyridine rings is 1. The van der Waals surface area contributed by atoms with Crippen LogP contribution in [-0.2, 0) is 16.0 Å². The SMILES string of the molecule is C=COC(=O)CSc1nc(C)c(CC)c(C)c1C#N. The van der Waals surface area contributed by atoms with Crippen LogP contribution in [0.1, 0.15) is 29.3 Å². The fraction of sp³-hybridized carbons (Fsp3) is 0.357. The average Bonchev–Trinajstić information content (AvgIpc) is 2.37. The fourth-order valence-electron chi connectivity index (χ4n) is 1.87. The van der Waals surface area contributed by atoms with Gasteiger partial charge in [-0.25, -0.2) is 4.98 Å². The van der Waals surface area contributed by atoms with Gasteiger partial charge in [0.25, 0.3) is 0 Å². The molecular formula is C14H16N2O2S. The van der Waals surface area contributed by atoms with Crippen LogP contribution >= 0.6 is 11.8 Å². The molecule has 0 amide bonds. The van der Waals surface area contributed by atoms with E-state index in [1.54, 1.807) is 0 Å². The highest BCUT2D eigenvalue weighted by Gasteiger charge is 2.15. The van der Waals surface area contributed by atoms with Gasteiger partial charge in [0.15, 0.2) is 0 Å². The lowest BCUT2D eigenvalue weighted by atomic mass is 10.0. The number of nitriles is 1. The Bertz CT molecular complexity index is 547. The van der Waals surface area contributed by atoms with Gasteiger partial charge in [0.1, 0.15) is 11.1 Å². The molecule has 1 rings (SSSR count). The van der Waals surface area contributed by atoms with E-state index in [2.05, 4.69) is 22.4 Å². The molecule has 0 atom stereocenters. The Balaban J connectivity index is 3.05. The van der Waals surface area contributed by atoms with Crippen molar-refractivity contribution in [1.82, 2.24) is 4.98 Å². The van der Waals surface area contributed by atoms with Gasteiger partial charge in [-0.05, 0) is 31.4 Å². The number of aromatic nitrogens is 1. The second-order valence-electron chi connectivity index (χ2n) is 3.89. The van der Waals surface area contributed by atoms with E-state index >= 15 is 0 Å². The number of carbonyl (C=O) groups is 1. The summed E-state index contributed by atoms with van der Waals surface area (Å²) in [6.45, 7) is 9.18. The number of nitrogens with zero attached hydrogens (tertiary/aromatic N) is 2. The van der Waals surface area contributed by atoms with E-state index in [4.69, 9.17) is 0 Å².